The fraction of sp³-hybridized carbons (Fsp3) is 0.500. The molecule has 20 heavy (non-hydrogen) atoms. The molecule has 1 aliphatic rings. The van der Waals surface area contributed by atoms with Crippen molar-refractivity contribution in [1.29, 1.82) is 0 Å². The van der Waals surface area contributed by atoms with Gasteiger partial charge in [0, 0.05) is 11.7 Å². The Kier molecular flexibility index (Phi) is 4.92. The van der Waals surface area contributed by atoms with E-state index in [1.807, 2.05) is 4.90 Å². The molecule has 4 N–H and O–H groups in total. The number of nitrogens with one attached hydrogen (secondary N) is 1. The van der Waals surface area contributed by atoms with Gasteiger partial charge in [0.1, 0.15) is 5.82 Å². The number of likely N-dealkylation sites (tertiary alicyclic amines) is 1. The number of aliphatic hydroxyl groups is 1. The molecule has 1 aromatic rings. The Morgan fingerprint density at radius 2 is 2.30 bits per heavy atom. The summed E-state index contributed by atoms with van der Waals surface area (Å²) in [6.45, 7) is 0.970. The smallest absolute Gasteiger partial charge is 0.238 e. The van der Waals surface area contributed by atoms with Crippen molar-refractivity contribution in [3.63, 3.8) is 0 Å². The third-order valence-electron chi connectivity index (χ3n) is 3.57. The highest BCUT2D eigenvalue weighted by Crippen LogP contribution is 2.19. The highest BCUT2D eigenvalue weighted by Gasteiger charge is 2.23. The maximum absolute atomic E-state index is 13.5. The number of aliphatic hydroxyl groups excluding tert-OH is 1. The summed E-state index contributed by atoms with van der Waals surface area (Å²) in [5, 5.41) is 11.8. The van der Waals surface area contributed by atoms with Gasteiger partial charge in [-0.3, -0.25) is 9.69 Å². The van der Waals surface area contributed by atoms with Crippen LogP contribution in [-0.4, -0.2) is 41.7 Å². The van der Waals surface area contributed by atoms with Crippen LogP contribution < -0.4 is 11.1 Å². The van der Waals surface area contributed by atoms with Crippen LogP contribution in [0.15, 0.2) is 18.2 Å². The fourth-order valence-electron chi connectivity index (χ4n) is 2.49. The lowest BCUT2D eigenvalue weighted by Crippen LogP contribution is -2.45. The van der Waals surface area contributed by atoms with E-state index in [-0.39, 0.29) is 30.8 Å². The van der Waals surface area contributed by atoms with Crippen LogP contribution in [0, 0.1) is 5.82 Å². The van der Waals surface area contributed by atoms with E-state index in [9.17, 15) is 14.3 Å². The predicted molar refractivity (Wildman–Crippen MR) is 75.7 cm³/mol. The van der Waals surface area contributed by atoms with Gasteiger partial charge in [0.25, 0.3) is 0 Å². The quantitative estimate of drug-likeness (QED) is 0.724. The number of amides is 1. The van der Waals surface area contributed by atoms with E-state index in [0.717, 1.165) is 25.8 Å². The minimum Gasteiger partial charge on any atom is -0.399 e. The molecule has 1 amide bonds. The van der Waals surface area contributed by atoms with E-state index in [4.69, 9.17) is 5.73 Å². The first-order valence-electron chi connectivity index (χ1n) is 6.80. The molecule has 6 heteroatoms. The van der Waals surface area contributed by atoms with Crippen molar-refractivity contribution in [3.05, 3.63) is 24.0 Å². The average molecular weight is 281 g/mol. The van der Waals surface area contributed by atoms with E-state index in [2.05, 4.69) is 5.32 Å². The van der Waals surface area contributed by atoms with Crippen molar-refractivity contribution in [1.82, 2.24) is 4.90 Å². The molecular weight excluding hydrogens is 261 g/mol. The van der Waals surface area contributed by atoms with Crippen molar-refractivity contribution in [3.8, 4) is 0 Å². The fourth-order valence-corrected chi connectivity index (χ4v) is 2.49. The molecule has 1 saturated heterocycles. The predicted octanol–water partition coefficient (Wildman–Crippen LogP) is 1.19. The Labute approximate surface area is 117 Å². The maximum Gasteiger partial charge on any atom is 0.238 e. The lowest BCUT2D eigenvalue weighted by Gasteiger charge is -2.33. The zero-order chi connectivity index (χ0) is 14.5. The summed E-state index contributed by atoms with van der Waals surface area (Å²) in [7, 11) is 0. The summed E-state index contributed by atoms with van der Waals surface area (Å²) in [5.41, 5.74) is 6.06. The van der Waals surface area contributed by atoms with Crippen molar-refractivity contribution in [2.24, 2.45) is 0 Å². The van der Waals surface area contributed by atoms with E-state index < -0.39 is 5.82 Å². The zero-order valence-electron chi connectivity index (χ0n) is 11.3. The van der Waals surface area contributed by atoms with Crippen LogP contribution in [-0.2, 0) is 4.79 Å². The molecule has 0 aliphatic carbocycles. The van der Waals surface area contributed by atoms with Crippen molar-refractivity contribution < 1.29 is 14.3 Å². The maximum atomic E-state index is 13.5. The summed E-state index contributed by atoms with van der Waals surface area (Å²) in [6.07, 6.45) is 2.96. The summed E-state index contributed by atoms with van der Waals surface area (Å²) in [5.74, 6) is -0.806. The third-order valence-corrected chi connectivity index (χ3v) is 3.57. The summed E-state index contributed by atoms with van der Waals surface area (Å²) >= 11 is 0. The van der Waals surface area contributed by atoms with Crippen LogP contribution in [0.3, 0.4) is 0 Å². The Balaban J connectivity index is 1.96. The SMILES string of the molecule is Nc1ccc(F)c(NC(=O)CN2CCCCC2CO)c1. The number of hydrogen-bond donors (Lipinski definition) is 3. The normalized spacial score (nSPS) is 19.8. The second-order valence-corrected chi connectivity index (χ2v) is 5.09. The first-order chi connectivity index (χ1) is 9.60. The zero-order valence-corrected chi connectivity index (χ0v) is 11.3. The number of nitrogens with zero attached hydrogens (tertiary/aromatic N) is 1. The first-order valence-corrected chi connectivity index (χ1v) is 6.80. The third kappa shape index (κ3) is 3.68. The molecule has 1 unspecified atom stereocenters. The van der Waals surface area contributed by atoms with Gasteiger partial charge in [-0.15, -0.1) is 0 Å². The van der Waals surface area contributed by atoms with E-state index in [1.54, 1.807) is 0 Å². The van der Waals surface area contributed by atoms with Crippen LogP contribution in [0.1, 0.15) is 19.3 Å². The molecule has 0 bridgehead atoms. The lowest BCUT2D eigenvalue weighted by molar-refractivity contribution is -0.118. The van der Waals surface area contributed by atoms with Crippen molar-refractivity contribution >= 4 is 17.3 Å². The molecule has 1 aromatic carbocycles. The molecule has 0 saturated carbocycles. The topological polar surface area (TPSA) is 78.6 Å². The first kappa shape index (κ1) is 14.7. The number of nitrogen functional groups attached to an aromatic ring is 1. The van der Waals surface area contributed by atoms with Gasteiger partial charge in [0.05, 0.1) is 18.8 Å². The van der Waals surface area contributed by atoms with Gasteiger partial charge >= 0.3 is 0 Å². The van der Waals surface area contributed by atoms with Gasteiger partial charge in [-0.05, 0) is 37.6 Å². The van der Waals surface area contributed by atoms with Gasteiger partial charge in [0.15, 0.2) is 0 Å². The highest BCUT2D eigenvalue weighted by atomic mass is 19.1. The van der Waals surface area contributed by atoms with Crippen LogP contribution in [0.2, 0.25) is 0 Å². The molecule has 0 spiro atoms. The minimum atomic E-state index is -0.509. The largest absolute Gasteiger partial charge is 0.399 e. The van der Waals surface area contributed by atoms with Crippen LogP contribution in [0.4, 0.5) is 15.8 Å². The van der Waals surface area contributed by atoms with Crippen LogP contribution in [0.25, 0.3) is 0 Å². The molecule has 0 aromatic heterocycles. The molecular formula is C14H20FN3O2. The minimum absolute atomic E-state index is 0.0141. The van der Waals surface area contributed by atoms with Crippen LogP contribution >= 0.6 is 0 Å². The standard InChI is InChI=1S/C14H20FN3O2/c15-12-5-4-10(16)7-13(12)17-14(20)8-18-6-2-1-3-11(18)9-19/h4-5,7,11,19H,1-3,6,8-9,16H2,(H,17,20). The molecule has 5 nitrogen and oxygen atoms in total. The number of benzene rings is 1. The highest BCUT2D eigenvalue weighted by molar-refractivity contribution is 5.92. The Morgan fingerprint density at radius 3 is 3.05 bits per heavy atom. The van der Waals surface area contributed by atoms with Crippen molar-refractivity contribution in [2.75, 3.05) is 30.7 Å². The number of hydrogen-bond acceptors (Lipinski definition) is 4. The molecule has 1 heterocycles. The van der Waals surface area contributed by atoms with Gasteiger partial charge in [-0.1, -0.05) is 6.42 Å². The number of rotatable bonds is 4. The number of carbonyl (C=O) groups is 1. The van der Waals surface area contributed by atoms with Gasteiger partial charge in [0.2, 0.25) is 5.91 Å². The second kappa shape index (κ2) is 6.67. The van der Waals surface area contributed by atoms with Gasteiger partial charge in [-0.25, -0.2) is 4.39 Å². The number of piperidine rings is 1. The molecule has 0 radical (unpaired) electrons. The number of nitrogens with two attached hydrogens (primary N) is 1. The monoisotopic (exact) mass is 281 g/mol. The molecule has 110 valence electrons. The Bertz CT molecular complexity index is 481. The Morgan fingerprint density at radius 1 is 1.50 bits per heavy atom. The van der Waals surface area contributed by atoms with E-state index in [0.29, 0.717) is 5.69 Å². The van der Waals surface area contributed by atoms with Gasteiger partial charge < -0.3 is 16.2 Å². The molecule has 1 fully saturated rings. The molecule has 1 atom stereocenters. The number of halogens is 1. The summed E-state index contributed by atoms with van der Waals surface area (Å²) in [4.78, 5) is 13.9. The summed E-state index contributed by atoms with van der Waals surface area (Å²) < 4.78 is 13.5. The number of carbonyl (C=O) groups excluding carboxylic acids is 1. The number of anilines is 2. The van der Waals surface area contributed by atoms with E-state index >= 15 is 0 Å². The van der Waals surface area contributed by atoms with E-state index in [1.165, 1.54) is 18.2 Å². The summed E-state index contributed by atoms with van der Waals surface area (Å²) in [6, 6.07) is 4.08. The van der Waals surface area contributed by atoms with Gasteiger partial charge in [-0.2, -0.15) is 0 Å². The average Bonchev–Trinajstić information content (AvgIpc) is 2.43. The lowest BCUT2D eigenvalue weighted by atomic mass is 10.0. The van der Waals surface area contributed by atoms with Crippen LogP contribution in [0.5, 0.6) is 0 Å². The van der Waals surface area contributed by atoms with Crippen molar-refractivity contribution in [2.45, 2.75) is 25.3 Å². The second-order valence-electron chi connectivity index (χ2n) is 5.09. The molecule has 1 aliphatic heterocycles. The Hall–Kier alpha value is -1.66. The molecule has 2 rings (SSSR count).